The first-order chi connectivity index (χ1) is 8.16. The Morgan fingerprint density at radius 1 is 1.41 bits per heavy atom. The number of nitrogens with zero attached hydrogens (tertiary/aromatic N) is 3. The molecule has 6 heteroatoms. The molecule has 0 aliphatic heterocycles. The van der Waals surface area contributed by atoms with E-state index in [-0.39, 0.29) is 6.42 Å². The second kappa shape index (κ2) is 5.01. The fraction of sp³-hybridized carbons (Fsp3) is 0.182. The first kappa shape index (κ1) is 11.7. The number of para-hydroxylation sites is 1. The van der Waals surface area contributed by atoms with E-state index >= 15 is 0 Å². The Hall–Kier alpha value is -1.82. The average molecular weight is 249 g/mol. The highest BCUT2D eigenvalue weighted by Gasteiger charge is 2.14. The molecule has 88 valence electrons. The monoisotopic (exact) mass is 249 g/mol. The van der Waals surface area contributed by atoms with Gasteiger partial charge in [0.15, 0.2) is 0 Å². The third kappa shape index (κ3) is 2.85. The Bertz CT molecular complexity index is 512. The molecule has 17 heavy (non-hydrogen) atoms. The maximum Gasteiger partial charge on any atom is 0.316 e. The van der Waals surface area contributed by atoms with E-state index in [2.05, 4.69) is 22.8 Å². The summed E-state index contributed by atoms with van der Waals surface area (Å²) in [4.78, 5) is 12.1. The lowest BCUT2D eigenvalue weighted by Gasteiger charge is -2.01. The predicted molar refractivity (Wildman–Crippen MR) is 65.5 cm³/mol. The molecular formula is C11H11N3O2S. The zero-order chi connectivity index (χ0) is 12.3. The minimum absolute atomic E-state index is 0.255. The van der Waals surface area contributed by atoms with Gasteiger partial charge in [-0.05, 0) is 12.1 Å². The molecule has 0 radical (unpaired) electrons. The summed E-state index contributed by atoms with van der Waals surface area (Å²) < 4.78 is 0. The Kier molecular flexibility index (Phi) is 3.43. The van der Waals surface area contributed by atoms with Crippen molar-refractivity contribution in [3.63, 3.8) is 0 Å². The van der Waals surface area contributed by atoms with E-state index in [1.54, 1.807) is 6.20 Å². The number of carbonyl (C=O) groups is 1. The molecule has 0 saturated carbocycles. The second-order valence-corrected chi connectivity index (χ2v) is 4.14. The van der Waals surface area contributed by atoms with Crippen molar-refractivity contribution in [2.75, 3.05) is 0 Å². The fourth-order valence-corrected chi connectivity index (χ4v) is 1.55. The Morgan fingerprint density at radius 2 is 2.12 bits per heavy atom. The van der Waals surface area contributed by atoms with Crippen LogP contribution in [0.2, 0.25) is 0 Å². The molecule has 0 bridgehead atoms. The van der Waals surface area contributed by atoms with Gasteiger partial charge in [0.25, 0.3) is 0 Å². The summed E-state index contributed by atoms with van der Waals surface area (Å²) >= 11 is 3.96. The minimum Gasteiger partial charge on any atom is -0.480 e. The standard InChI is InChI=1S/C11H11N3O2S/c15-11(16)10(17)6-8-7-12-14(13-8)9-4-2-1-3-5-9/h1-5,7,10,17H,6H2,(H,15,16). The van der Waals surface area contributed by atoms with E-state index in [0.29, 0.717) is 5.69 Å². The van der Waals surface area contributed by atoms with E-state index in [1.165, 1.54) is 4.80 Å². The summed E-state index contributed by atoms with van der Waals surface area (Å²) in [6.07, 6.45) is 1.81. The molecule has 1 aromatic heterocycles. The highest BCUT2D eigenvalue weighted by Crippen LogP contribution is 2.08. The molecule has 0 aliphatic carbocycles. The van der Waals surface area contributed by atoms with Crippen LogP contribution in [0.4, 0.5) is 0 Å². The minimum atomic E-state index is -0.956. The molecule has 1 atom stereocenters. The number of carboxylic acids is 1. The first-order valence-corrected chi connectivity index (χ1v) is 5.56. The Balaban J connectivity index is 2.14. The van der Waals surface area contributed by atoms with Gasteiger partial charge < -0.3 is 5.11 Å². The van der Waals surface area contributed by atoms with Crippen molar-refractivity contribution in [2.45, 2.75) is 11.7 Å². The number of aromatic nitrogens is 3. The number of rotatable bonds is 4. The maximum absolute atomic E-state index is 10.6. The van der Waals surface area contributed by atoms with Crippen LogP contribution in [0, 0.1) is 0 Å². The fourth-order valence-electron chi connectivity index (χ4n) is 1.36. The summed E-state index contributed by atoms with van der Waals surface area (Å²) in [5, 5.41) is 16.3. The molecule has 1 aromatic carbocycles. The van der Waals surface area contributed by atoms with Crippen LogP contribution < -0.4 is 0 Å². The third-order valence-corrected chi connectivity index (χ3v) is 2.62. The molecule has 0 amide bonds. The van der Waals surface area contributed by atoms with Gasteiger partial charge in [-0.15, -0.1) is 0 Å². The van der Waals surface area contributed by atoms with E-state index in [4.69, 9.17) is 5.11 Å². The summed E-state index contributed by atoms with van der Waals surface area (Å²) in [6.45, 7) is 0. The molecule has 2 rings (SSSR count). The number of carboxylic acid groups (broad SMARTS) is 1. The van der Waals surface area contributed by atoms with E-state index in [0.717, 1.165) is 5.69 Å². The van der Waals surface area contributed by atoms with Crippen LogP contribution >= 0.6 is 12.6 Å². The van der Waals surface area contributed by atoms with Gasteiger partial charge in [-0.25, -0.2) is 0 Å². The summed E-state index contributed by atoms with van der Waals surface area (Å²) in [5.41, 5.74) is 1.45. The lowest BCUT2D eigenvalue weighted by molar-refractivity contribution is -0.136. The number of hydrogen-bond acceptors (Lipinski definition) is 4. The van der Waals surface area contributed by atoms with Crippen molar-refractivity contribution >= 4 is 18.6 Å². The van der Waals surface area contributed by atoms with Crippen LogP contribution in [-0.2, 0) is 11.2 Å². The normalized spacial score (nSPS) is 12.3. The van der Waals surface area contributed by atoms with Crippen molar-refractivity contribution < 1.29 is 9.90 Å². The van der Waals surface area contributed by atoms with E-state index < -0.39 is 11.2 Å². The molecule has 0 aliphatic rings. The smallest absolute Gasteiger partial charge is 0.316 e. The molecule has 1 N–H and O–H groups in total. The van der Waals surface area contributed by atoms with Crippen LogP contribution in [0.1, 0.15) is 5.69 Å². The van der Waals surface area contributed by atoms with E-state index in [1.807, 2.05) is 30.3 Å². The van der Waals surface area contributed by atoms with E-state index in [9.17, 15) is 4.79 Å². The van der Waals surface area contributed by atoms with Gasteiger partial charge in [0.1, 0.15) is 5.25 Å². The van der Waals surface area contributed by atoms with Gasteiger partial charge in [-0.1, -0.05) is 18.2 Å². The zero-order valence-electron chi connectivity index (χ0n) is 8.89. The predicted octanol–water partition coefficient (Wildman–Crippen LogP) is 1.19. The highest BCUT2D eigenvalue weighted by atomic mass is 32.1. The number of hydrogen-bond donors (Lipinski definition) is 2. The summed E-state index contributed by atoms with van der Waals surface area (Å²) in [6, 6.07) is 9.43. The molecule has 0 fully saturated rings. The van der Waals surface area contributed by atoms with Gasteiger partial charge in [0.2, 0.25) is 0 Å². The van der Waals surface area contributed by atoms with Crippen LogP contribution in [-0.4, -0.2) is 31.3 Å². The van der Waals surface area contributed by atoms with Gasteiger partial charge in [0, 0.05) is 6.42 Å². The number of benzene rings is 1. The molecule has 0 saturated heterocycles. The second-order valence-electron chi connectivity index (χ2n) is 3.52. The molecule has 1 unspecified atom stereocenters. The first-order valence-electron chi connectivity index (χ1n) is 5.04. The number of aliphatic carboxylic acids is 1. The van der Waals surface area contributed by atoms with Crippen LogP contribution in [0.15, 0.2) is 36.5 Å². The maximum atomic E-state index is 10.6. The Morgan fingerprint density at radius 3 is 2.76 bits per heavy atom. The number of thiol groups is 1. The molecule has 5 nitrogen and oxygen atoms in total. The zero-order valence-corrected chi connectivity index (χ0v) is 9.79. The van der Waals surface area contributed by atoms with Gasteiger partial charge >= 0.3 is 5.97 Å². The highest BCUT2D eigenvalue weighted by molar-refractivity contribution is 7.81. The van der Waals surface area contributed by atoms with Crippen molar-refractivity contribution in [3.05, 3.63) is 42.2 Å². The molecule has 2 aromatic rings. The lowest BCUT2D eigenvalue weighted by atomic mass is 10.2. The largest absolute Gasteiger partial charge is 0.480 e. The summed E-state index contributed by atoms with van der Waals surface area (Å²) in [7, 11) is 0. The molecular weight excluding hydrogens is 238 g/mol. The quantitative estimate of drug-likeness (QED) is 0.799. The lowest BCUT2D eigenvalue weighted by Crippen LogP contribution is -2.16. The van der Waals surface area contributed by atoms with Gasteiger partial charge in [-0.2, -0.15) is 27.6 Å². The Labute approximate surface area is 103 Å². The van der Waals surface area contributed by atoms with Crippen LogP contribution in [0.5, 0.6) is 0 Å². The molecule has 0 spiro atoms. The topological polar surface area (TPSA) is 68.0 Å². The van der Waals surface area contributed by atoms with Crippen LogP contribution in [0.3, 0.4) is 0 Å². The average Bonchev–Trinajstić information content (AvgIpc) is 2.78. The van der Waals surface area contributed by atoms with Gasteiger partial charge in [-0.3, -0.25) is 4.79 Å². The third-order valence-electron chi connectivity index (χ3n) is 2.21. The van der Waals surface area contributed by atoms with Crippen molar-refractivity contribution in [3.8, 4) is 5.69 Å². The molecule has 1 heterocycles. The van der Waals surface area contributed by atoms with Crippen molar-refractivity contribution in [2.24, 2.45) is 0 Å². The SMILES string of the molecule is O=C(O)C(S)Cc1cnn(-c2ccccc2)n1. The van der Waals surface area contributed by atoms with Crippen molar-refractivity contribution in [1.82, 2.24) is 15.0 Å². The van der Waals surface area contributed by atoms with Crippen LogP contribution in [0.25, 0.3) is 5.69 Å². The van der Waals surface area contributed by atoms with Gasteiger partial charge in [0.05, 0.1) is 17.6 Å². The van der Waals surface area contributed by atoms with Crippen molar-refractivity contribution in [1.29, 1.82) is 0 Å². The summed E-state index contributed by atoms with van der Waals surface area (Å²) in [5.74, 6) is -0.956.